The average molecular weight is 220 g/mol. The van der Waals surface area contributed by atoms with Gasteiger partial charge in [0, 0.05) is 0 Å². The second kappa shape index (κ2) is 4.94. The Morgan fingerprint density at radius 2 is 1.94 bits per heavy atom. The van der Waals surface area contributed by atoms with Crippen molar-refractivity contribution in [1.82, 2.24) is 0 Å². The molecule has 1 atom stereocenters. The van der Waals surface area contributed by atoms with E-state index < -0.39 is 11.6 Å². The molecule has 1 rings (SSSR count). The van der Waals surface area contributed by atoms with Crippen molar-refractivity contribution in [2.75, 3.05) is 7.11 Å². The molecule has 3 heteroatoms. The predicted molar refractivity (Wildman–Crippen MR) is 62.7 cm³/mol. The van der Waals surface area contributed by atoms with E-state index in [1.807, 2.05) is 30.3 Å². The number of esters is 1. The van der Waals surface area contributed by atoms with E-state index in [-0.39, 0.29) is 0 Å². The molecule has 0 saturated carbocycles. The lowest BCUT2D eigenvalue weighted by molar-refractivity contribution is -0.154. The lowest BCUT2D eigenvalue weighted by Crippen LogP contribution is -2.37. The van der Waals surface area contributed by atoms with Crippen LogP contribution in [-0.4, -0.2) is 23.8 Å². The van der Waals surface area contributed by atoms with E-state index in [2.05, 4.69) is 4.74 Å². The molecule has 1 unspecified atom stereocenters. The summed E-state index contributed by atoms with van der Waals surface area (Å²) in [4.78, 5) is 11.5. The monoisotopic (exact) mass is 220 g/mol. The van der Waals surface area contributed by atoms with Gasteiger partial charge >= 0.3 is 5.97 Å². The van der Waals surface area contributed by atoms with Gasteiger partial charge in [-0.3, -0.25) is 0 Å². The Hall–Kier alpha value is -1.61. The number of methoxy groups -OCH3 is 1. The first kappa shape index (κ1) is 12.5. The second-order valence-corrected chi connectivity index (χ2v) is 3.63. The summed E-state index contributed by atoms with van der Waals surface area (Å²) in [5, 5.41) is 10.2. The van der Waals surface area contributed by atoms with Crippen LogP contribution in [0.25, 0.3) is 5.57 Å². The van der Waals surface area contributed by atoms with E-state index >= 15 is 0 Å². The largest absolute Gasteiger partial charge is 0.467 e. The summed E-state index contributed by atoms with van der Waals surface area (Å²) in [5.74, 6) is -0.663. The number of benzene rings is 1. The molecule has 0 bridgehead atoms. The molecule has 0 aliphatic carbocycles. The van der Waals surface area contributed by atoms with Crippen molar-refractivity contribution in [2.24, 2.45) is 0 Å². The van der Waals surface area contributed by atoms with E-state index in [0.29, 0.717) is 5.57 Å². The van der Waals surface area contributed by atoms with Crippen molar-refractivity contribution in [2.45, 2.75) is 19.4 Å². The Balaban J connectivity index is 3.15. The molecule has 0 amide bonds. The van der Waals surface area contributed by atoms with E-state index in [1.54, 1.807) is 13.0 Å². The number of ether oxygens (including phenoxy) is 1. The molecule has 0 radical (unpaired) electrons. The van der Waals surface area contributed by atoms with Crippen LogP contribution >= 0.6 is 0 Å². The minimum atomic E-state index is -1.62. The topological polar surface area (TPSA) is 46.5 Å². The molecule has 3 nitrogen and oxygen atoms in total. The standard InChI is InChI=1S/C13H16O3/c1-4-11(10-8-6-5-7-9-10)13(2,15)12(14)16-3/h4-9,15H,1-3H3/b11-4-. The van der Waals surface area contributed by atoms with Crippen LogP contribution in [0.1, 0.15) is 19.4 Å². The first-order valence-electron chi connectivity index (χ1n) is 5.07. The van der Waals surface area contributed by atoms with Gasteiger partial charge in [-0.2, -0.15) is 0 Å². The minimum absolute atomic E-state index is 0.542. The number of carbonyl (C=O) groups excluding carboxylic acids is 1. The Labute approximate surface area is 95.4 Å². The van der Waals surface area contributed by atoms with Crippen LogP contribution in [0.15, 0.2) is 36.4 Å². The Morgan fingerprint density at radius 3 is 2.38 bits per heavy atom. The molecular formula is C13H16O3. The summed E-state index contributed by atoms with van der Waals surface area (Å²) in [5.41, 5.74) is -0.273. The maximum absolute atomic E-state index is 11.5. The molecule has 0 saturated heterocycles. The van der Waals surface area contributed by atoms with Crippen molar-refractivity contribution in [3.63, 3.8) is 0 Å². The maximum Gasteiger partial charge on any atom is 0.342 e. The van der Waals surface area contributed by atoms with E-state index in [1.165, 1.54) is 14.0 Å². The highest BCUT2D eigenvalue weighted by Crippen LogP contribution is 2.27. The van der Waals surface area contributed by atoms with Crippen LogP contribution in [-0.2, 0) is 9.53 Å². The zero-order chi connectivity index (χ0) is 12.2. The zero-order valence-corrected chi connectivity index (χ0v) is 9.73. The number of allylic oxidation sites excluding steroid dienone is 1. The van der Waals surface area contributed by atoms with E-state index in [9.17, 15) is 9.90 Å². The van der Waals surface area contributed by atoms with Gasteiger partial charge in [0.15, 0.2) is 5.60 Å². The van der Waals surface area contributed by atoms with Crippen molar-refractivity contribution in [1.29, 1.82) is 0 Å². The highest BCUT2D eigenvalue weighted by molar-refractivity contribution is 5.95. The van der Waals surface area contributed by atoms with Gasteiger partial charge < -0.3 is 9.84 Å². The average Bonchev–Trinajstić information content (AvgIpc) is 2.30. The molecule has 0 aromatic heterocycles. The highest BCUT2D eigenvalue weighted by atomic mass is 16.5. The summed E-state index contributed by atoms with van der Waals surface area (Å²) >= 11 is 0. The summed E-state index contributed by atoms with van der Waals surface area (Å²) in [6, 6.07) is 9.27. The maximum atomic E-state index is 11.5. The molecule has 0 heterocycles. The van der Waals surface area contributed by atoms with E-state index in [0.717, 1.165) is 5.56 Å². The van der Waals surface area contributed by atoms with Crippen molar-refractivity contribution in [3.8, 4) is 0 Å². The van der Waals surface area contributed by atoms with Crippen molar-refractivity contribution >= 4 is 11.5 Å². The zero-order valence-electron chi connectivity index (χ0n) is 9.73. The number of hydrogen-bond acceptors (Lipinski definition) is 3. The Morgan fingerprint density at radius 1 is 1.38 bits per heavy atom. The summed E-state index contributed by atoms with van der Waals surface area (Å²) in [6.07, 6.45) is 1.71. The lowest BCUT2D eigenvalue weighted by Gasteiger charge is -2.23. The van der Waals surface area contributed by atoms with Gasteiger partial charge in [0.25, 0.3) is 0 Å². The number of rotatable bonds is 3. The van der Waals surface area contributed by atoms with Gasteiger partial charge in [0.1, 0.15) is 0 Å². The fourth-order valence-corrected chi connectivity index (χ4v) is 1.66. The number of hydrogen-bond donors (Lipinski definition) is 1. The quantitative estimate of drug-likeness (QED) is 0.793. The van der Waals surface area contributed by atoms with Crippen LogP contribution < -0.4 is 0 Å². The Bertz CT molecular complexity index is 391. The van der Waals surface area contributed by atoms with Gasteiger partial charge in [0.05, 0.1) is 7.11 Å². The molecule has 0 fully saturated rings. The fourth-order valence-electron chi connectivity index (χ4n) is 1.66. The minimum Gasteiger partial charge on any atom is -0.467 e. The smallest absolute Gasteiger partial charge is 0.342 e. The molecule has 1 N–H and O–H groups in total. The predicted octanol–water partition coefficient (Wildman–Crippen LogP) is 2.01. The van der Waals surface area contributed by atoms with Gasteiger partial charge in [-0.15, -0.1) is 0 Å². The SMILES string of the molecule is C/C=C(/c1ccccc1)C(C)(O)C(=O)OC. The van der Waals surface area contributed by atoms with E-state index in [4.69, 9.17) is 0 Å². The molecule has 0 aliphatic rings. The van der Waals surface area contributed by atoms with Crippen LogP contribution in [0.2, 0.25) is 0 Å². The molecular weight excluding hydrogens is 204 g/mol. The molecule has 86 valence electrons. The van der Waals surface area contributed by atoms with Crippen molar-refractivity contribution < 1.29 is 14.6 Å². The van der Waals surface area contributed by atoms with Gasteiger partial charge in [-0.05, 0) is 25.0 Å². The summed E-state index contributed by atoms with van der Waals surface area (Å²) in [7, 11) is 1.26. The van der Waals surface area contributed by atoms with Crippen molar-refractivity contribution in [3.05, 3.63) is 42.0 Å². The molecule has 16 heavy (non-hydrogen) atoms. The molecule has 1 aromatic carbocycles. The van der Waals surface area contributed by atoms with Crippen LogP contribution in [0.3, 0.4) is 0 Å². The van der Waals surface area contributed by atoms with Crippen LogP contribution in [0, 0.1) is 0 Å². The Kier molecular flexibility index (Phi) is 3.85. The third-order valence-electron chi connectivity index (χ3n) is 2.48. The third kappa shape index (κ3) is 2.31. The highest BCUT2D eigenvalue weighted by Gasteiger charge is 2.35. The number of carbonyl (C=O) groups is 1. The molecule has 1 aromatic rings. The first-order chi connectivity index (χ1) is 7.54. The molecule has 0 aliphatic heterocycles. The number of aliphatic hydroxyl groups is 1. The normalized spacial score (nSPS) is 15.4. The molecule has 0 spiro atoms. The van der Waals surface area contributed by atoms with Crippen LogP contribution in [0.4, 0.5) is 0 Å². The van der Waals surface area contributed by atoms with Gasteiger partial charge in [-0.25, -0.2) is 4.79 Å². The summed E-state index contributed by atoms with van der Waals surface area (Å²) < 4.78 is 4.59. The summed E-state index contributed by atoms with van der Waals surface area (Å²) in [6.45, 7) is 3.21. The first-order valence-corrected chi connectivity index (χ1v) is 5.07. The van der Waals surface area contributed by atoms with Gasteiger partial charge in [-0.1, -0.05) is 36.4 Å². The second-order valence-electron chi connectivity index (χ2n) is 3.63. The van der Waals surface area contributed by atoms with Gasteiger partial charge in [0.2, 0.25) is 0 Å². The fraction of sp³-hybridized carbons (Fsp3) is 0.308. The lowest BCUT2D eigenvalue weighted by atomic mass is 9.89. The van der Waals surface area contributed by atoms with Crippen LogP contribution in [0.5, 0.6) is 0 Å². The third-order valence-corrected chi connectivity index (χ3v) is 2.48.